The van der Waals surface area contributed by atoms with Crippen LogP contribution in [0.3, 0.4) is 0 Å². The molecular weight excluding hydrogens is 447 g/mol. The summed E-state index contributed by atoms with van der Waals surface area (Å²) in [5, 5.41) is 7.12. The number of hydrogen-bond acceptors (Lipinski definition) is 7. The fourth-order valence-corrected chi connectivity index (χ4v) is 3.61. The number of amides is 1. The van der Waals surface area contributed by atoms with Crippen LogP contribution in [0.1, 0.15) is 40.6 Å². The molecular formula is C21H22F3N3O6. The molecule has 178 valence electrons. The number of carbonyl (C=O) groups is 2. The van der Waals surface area contributed by atoms with E-state index in [1.165, 1.54) is 12.0 Å². The zero-order valence-corrected chi connectivity index (χ0v) is 17.5. The lowest BCUT2D eigenvalue weighted by Crippen LogP contribution is -2.48. The maximum absolute atomic E-state index is 12.8. The Bertz CT molecular complexity index is 1010. The van der Waals surface area contributed by atoms with Crippen molar-refractivity contribution in [1.82, 2.24) is 14.8 Å². The van der Waals surface area contributed by atoms with E-state index >= 15 is 0 Å². The first-order chi connectivity index (χ1) is 15.7. The Morgan fingerprint density at radius 1 is 1.09 bits per heavy atom. The fourth-order valence-electron chi connectivity index (χ4n) is 3.61. The highest BCUT2D eigenvalue weighted by molar-refractivity contribution is 5.93. The minimum Gasteiger partial charge on any atom is -0.475 e. The van der Waals surface area contributed by atoms with Gasteiger partial charge in [-0.25, -0.2) is 9.78 Å². The maximum Gasteiger partial charge on any atom is 0.490 e. The van der Waals surface area contributed by atoms with Gasteiger partial charge in [-0.3, -0.25) is 9.69 Å². The van der Waals surface area contributed by atoms with E-state index in [0.717, 1.165) is 49.7 Å². The number of fused-ring (bicyclic) bond motifs is 1. The Morgan fingerprint density at radius 3 is 2.39 bits per heavy atom. The zero-order chi connectivity index (χ0) is 23.6. The van der Waals surface area contributed by atoms with Crippen LogP contribution in [0.15, 0.2) is 29.0 Å². The summed E-state index contributed by atoms with van der Waals surface area (Å²) >= 11 is 0. The second-order valence-electron chi connectivity index (χ2n) is 7.90. The summed E-state index contributed by atoms with van der Waals surface area (Å²) in [7, 11) is 0. The van der Waals surface area contributed by atoms with E-state index in [0.29, 0.717) is 31.5 Å². The second kappa shape index (κ2) is 9.30. The highest BCUT2D eigenvalue weighted by Crippen LogP contribution is 2.41. The van der Waals surface area contributed by atoms with E-state index in [-0.39, 0.29) is 5.91 Å². The van der Waals surface area contributed by atoms with Crippen LogP contribution in [0.5, 0.6) is 11.5 Å². The Hall–Kier alpha value is -3.28. The van der Waals surface area contributed by atoms with Crippen LogP contribution < -0.4 is 9.47 Å². The first kappa shape index (κ1) is 22.9. The zero-order valence-electron chi connectivity index (χ0n) is 17.5. The summed E-state index contributed by atoms with van der Waals surface area (Å²) in [4.78, 5) is 30.1. The number of halogens is 3. The van der Waals surface area contributed by atoms with Crippen LogP contribution in [0.2, 0.25) is 0 Å². The normalized spacial score (nSPS) is 18.0. The predicted octanol–water partition coefficient (Wildman–Crippen LogP) is 2.87. The molecule has 0 bridgehead atoms. The molecule has 12 heteroatoms. The number of benzene rings is 1. The molecule has 1 saturated heterocycles. The highest BCUT2D eigenvalue weighted by Gasteiger charge is 2.38. The number of carbonyl (C=O) groups excluding carboxylic acids is 1. The molecule has 1 saturated carbocycles. The van der Waals surface area contributed by atoms with Gasteiger partial charge in [-0.1, -0.05) is 6.07 Å². The standard InChI is InChI=1S/C19H21N3O4.C2HF3O2/c23-19(17-18(14-2-3-14)24-11-20-17)22-7-5-21(6-8-22)10-13-1-4-15-16(9-13)26-12-25-15;3-2(4,5)1(6)7/h1,4,9,11,14H,2-3,5-8,10,12H2;(H,6,7). The molecule has 9 nitrogen and oxygen atoms in total. The summed E-state index contributed by atoms with van der Waals surface area (Å²) in [6, 6.07) is 6.07. The third-order valence-electron chi connectivity index (χ3n) is 5.49. The number of ether oxygens (including phenoxy) is 2. The van der Waals surface area contributed by atoms with Gasteiger partial charge in [0.05, 0.1) is 0 Å². The number of carboxylic acid groups (broad SMARTS) is 1. The van der Waals surface area contributed by atoms with Crippen LogP contribution in [-0.2, 0) is 11.3 Å². The number of carboxylic acids is 1. The van der Waals surface area contributed by atoms with Gasteiger partial charge in [0.15, 0.2) is 23.6 Å². The molecule has 2 aromatic rings. The number of aliphatic carboxylic acids is 1. The SMILES string of the molecule is O=C(O)C(F)(F)F.O=C(c1ncoc1C1CC1)N1CCN(Cc2ccc3c(c2)OCO3)CC1. The largest absolute Gasteiger partial charge is 0.490 e. The number of hydrogen-bond donors (Lipinski definition) is 1. The third kappa shape index (κ3) is 5.56. The molecule has 0 unspecified atom stereocenters. The number of rotatable bonds is 4. The first-order valence-electron chi connectivity index (χ1n) is 10.4. The van der Waals surface area contributed by atoms with Gasteiger partial charge in [-0.15, -0.1) is 0 Å². The van der Waals surface area contributed by atoms with Crippen LogP contribution in [0.4, 0.5) is 13.2 Å². The van der Waals surface area contributed by atoms with E-state index < -0.39 is 12.1 Å². The summed E-state index contributed by atoms with van der Waals surface area (Å²) in [6.45, 7) is 4.24. The quantitative estimate of drug-likeness (QED) is 0.729. The molecule has 0 spiro atoms. The van der Waals surface area contributed by atoms with Crippen LogP contribution >= 0.6 is 0 Å². The molecule has 0 radical (unpaired) electrons. The number of aromatic nitrogens is 1. The second-order valence-corrected chi connectivity index (χ2v) is 7.90. The van der Waals surface area contributed by atoms with Gasteiger partial charge < -0.3 is 23.9 Å². The number of piperazine rings is 1. The van der Waals surface area contributed by atoms with Crippen molar-refractivity contribution < 1.29 is 41.8 Å². The lowest BCUT2D eigenvalue weighted by molar-refractivity contribution is -0.192. The van der Waals surface area contributed by atoms with Gasteiger partial charge in [0.25, 0.3) is 5.91 Å². The molecule has 1 N–H and O–H groups in total. The Balaban J connectivity index is 0.000000325. The molecule has 0 atom stereocenters. The number of nitrogens with zero attached hydrogens (tertiary/aromatic N) is 3. The third-order valence-corrected chi connectivity index (χ3v) is 5.49. The van der Waals surface area contributed by atoms with Crippen molar-refractivity contribution in [1.29, 1.82) is 0 Å². The Labute approximate surface area is 186 Å². The van der Waals surface area contributed by atoms with E-state index in [2.05, 4.69) is 16.0 Å². The molecule has 2 aliphatic heterocycles. The Morgan fingerprint density at radius 2 is 1.76 bits per heavy atom. The summed E-state index contributed by atoms with van der Waals surface area (Å²) < 4.78 is 48.0. The molecule has 3 heterocycles. The van der Waals surface area contributed by atoms with Gasteiger partial charge in [-0.05, 0) is 30.5 Å². The van der Waals surface area contributed by atoms with Gasteiger partial charge in [0, 0.05) is 38.6 Å². The monoisotopic (exact) mass is 469 g/mol. The van der Waals surface area contributed by atoms with Gasteiger partial charge in [0.1, 0.15) is 5.76 Å². The smallest absolute Gasteiger partial charge is 0.475 e. The Kier molecular flexibility index (Phi) is 6.45. The topological polar surface area (TPSA) is 105 Å². The summed E-state index contributed by atoms with van der Waals surface area (Å²) in [5.74, 6) is 0.0376. The van der Waals surface area contributed by atoms with Crippen LogP contribution in [0, 0.1) is 0 Å². The number of oxazole rings is 1. The van der Waals surface area contributed by atoms with Crippen LogP contribution in [-0.4, -0.2) is 70.9 Å². The van der Waals surface area contributed by atoms with Gasteiger partial charge >= 0.3 is 12.1 Å². The van der Waals surface area contributed by atoms with Crippen molar-refractivity contribution >= 4 is 11.9 Å². The number of alkyl halides is 3. The van der Waals surface area contributed by atoms with Crippen molar-refractivity contribution in [3.05, 3.63) is 41.6 Å². The van der Waals surface area contributed by atoms with E-state index in [4.69, 9.17) is 23.8 Å². The van der Waals surface area contributed by atoms with Crippen LogP contribution in [0.25, 0.3) is 0 Å². The van der Waals surface area contributed by atoms with Gasteiger partial charge in [0.2, 0.25) is 6.79 Å². The highest BCUT2D eigenvalue weighted by atomic mass is 19.4. The summed E-state index contributed by atoms with van der Waals surface area (Å²) in [5.41, 5.74) is 1.71. The molecule has 1 aromatic carbocycles. The van der Waals surface area contributed by atoms with E-state index in [9.17, 15) is 18.0 Å². The molecule has 5 rings (SSSR count). The minimum atomic E-state index is -5.08. The van der Waals surface area contributed by atoms with E-state index in [1.54, 1.807) is 0 Å². The van der Waals surface area contributed by atoms with Crippen molar-refractivity contribution in [2.75, 3.05) is 33.0 Å². The average Bonchev–Trinajstić information content (AvgIpc) is 3.31. The van der Waals surface area contributed by atoms with Crippen molar-refractivity contribution in [3.63, 3.8) is 0 Å². The first-order valence-corrected chi connectivity index (χ1v) is 10.4. The molecule has 33 heavy (non-hydrogen) atoms. The molecule has 3 aliphatic rings. The fraction of sp³-hybridized carbons (Fsp3) is 0.476. The van der Waals surface area contributed by atoms with Crippen molar-refractivity contribution in [2.24, 2.45) is 0 Å². The van der Waals surface area contributed by atoms with Crippen molar-refractivity contribution in [3.8, 4) is 11.5 Å². The molecule has 1 amide bonds. The molecule has 1 aliphatic carbocycles. The molecule has 1 aromatic heterocycles. The lowest BCUT2D eigenvalue weighted by Gasteiger charge is -2.34. The lowest BCUT2D eigenvalue weighted by atomic mass is 10.1. The predicted molar refractivity (Wildman–Crippen MR) is 106 cm³/mol. The minimum absolute atomic E-state index is 0.00313. The molecule has 2 fully saturated rings. The van der Waals surface area contributed by atoms with Gasteiger partial charge in [-0.2, -0.15) is 13.2 Å². The van der Waals surface area contributed by atoms with E-state index in [1.807, 2.05) is 17.0 Å². The summed E-state index contributed by atoms with van der Waals surface area (Å²) in [6.07, 6.45) is -1.49. The van der Waals surface area contributed by atoms with Crippen molar-refractivity contribution in [2.45, 2.75) is 31.5 Å². The average molecular weight is 469 g/mol. The maximum atomic E-state index is 12.8.